The highest BCUT2D eigenvalue weighted by Gasteiger charge is 2.34. The summed E-state index contributed by atoms with van der Waals surface area (Å²) in [4.78, 5) is 10.6. The van der Waals surface area contributed by atoms with Gasteiger partial charge in [0.2, 0.25) is 6.54 Å². The van der Waals surface area contributed by atoms with Crippen molar-refractivity contribution in [2.75, 3.05) is 6.54 Å². The molecule has 0 aliphatic heterocycles. The van der Waals surface area contributed by atoms with E-state index in [1.54, 1.807) is 0 Å². The molecule has 3 aromatic rings. The van der Waals surface area contributed by atoms with Crippen molar-refractivity contribution < 1.29 is 4.92 Å². The first-order valence-corrected chi connectivity index (χ1v) is 9.82. The van der Waals surface area contributed by atoms with Crippen LogP contribution >= 0.6 is 22.6 Å². The summed E-state index contributed by atoms with van der Waals surface area (Å²) in [6.45, 7) is -0.179. The van der Waals surface area contributed by atoms with E-state index in [0.29, 0.717) is 0 Å². The van der Waals surface area contributed by atoms with Crippen LogP contribution in [0.3, 0.4) is 0 Å². The molecule has 0 heterocycles. The lowest BCUT2D eigenvalue weighted by atomic mass is 9.70. The van der Waals surface area contributed by atoms with Crippen LogP contribution in [0, 0.1) is 22.0 Å². The van der Waals surface area contributed by atoms with Gasteiger partial charge in [0.1, 0.15) is 9.34 Å². The van der Waals surface area contributed by atoms with E-state index < -0.39 is 5.41 Å². The molecule has 0 aliphatic carbocycles. The van der Waals surface area contributed by atoms with Crippen molar-refractivity contribution in [3.8, 4) is 11.8 Å². The topological polar surface area (TPSA) is 43.1 Å². The molecule has 0 aliphatic rings. The average molecular weight is 467 g/mol. The van der Waals surface area contributed by atoms with E-state index in [-0.39, 0.29) is 15.4 Å². The summed E-state index contributed by atoms with van der Waals surface area (Å²) < 4.78 is -0.367. The molecule has 0 aromatic heterocycles. The second-order valence-corrected chi connectivity index (χ2v) is 7.60. The van der Waals surface area contributed by atoms with E-state index in [2.05, 4.69) is 48.2 Å². The molecule has 0 amide bonds. The van der Waals surface area contributed by atoms with Crippen molar-refractivity contribution in [1.82, 2.24) is 0 Å². The van der Waals surface area contributed by atoms with Crippen LogP contribution < -0.4 is 0 Å². The van der Waals surface area contributed by atoms with Crippen LogP contribution in [0.2, 0.25) is 0 Å². The zero-order chi connectivity index (χ0) is 19.1. The molecule has 3 aromatic carbocycles. The molecule has 3 nitrogen and oxygen atoms in total. The fourth-order valence-electron chi connectivity index (χ4n) is 3.14. The van der Waals surface area contributed by atoms with Crippen LogP contribution in [0.5, 0.6) is 0 Å². The summed E-state index contributed by atoms with van der Waals surface area (Å²) in [5.41, 5.74) is 2.43. The summed E-state index contributed by atoms with van der Waals surface area (Å²) in [6.07, 6.45) is 0. The third kappa shape index (κ3) is 4.37. The maximum atomic E-state index is 10.9. The minimum atomic E-state index is -0.691. The molecule has 134 valence electrons. The number of hydrogen-bond acceptors (Lipinski definition) is 2. The van der Waals surface area contributed by atoms with Gasteiger partial charge in [-0.1, -0.05) is 125 Å². The monoisotopic (exact) mass is 467 g/mol. The quantitative estimate of drug-likeness (QED) is 0.131. The van der Waals surface area contributed by atoms with Gasteiger partial charge in [0.05, 0.1) is 0 Å². The van der Waals surface area contributed by atoms with E-state index in [9.17, 15) is 10.1 Å². The Hall–Kier alpha value is -2.65. The van der Waals surface area contributed by atoms with Gasteiger partial charge in [-0.05, 0) is 16.7 Å². The molecule has 4 heteroatoms. The lowest BCUT2D eigenvalue weighted by Gasteiger charge is -2.31. The summed E-state index contributed by atoms with van der Waals surface area (Å²) in [6, 6.07) is 30.3. The molecule has 0 radical (unpaired) electrons. The molecular weight excluding hydrogens is 449 g/mol. The standard InChI is InChI=1S/C23H18INO2/c24-22(18-25(26)27)16-17-23(19-10-4-1-5-11-19,20-12-6-2-7-13-20)21-14-8-3-9-15-21/h1-15,22H,18H2. The molecular formula is C23H18INO2. The molecule has 0 bridgehead atoms. The Labute approximate surface area is 172 Å². The van der Waals surface area contributed by atoms with Crippen molar-refractivity contribution in [3.05, 3.63) is 118 Å². The van der Waals surface area contributed by atoms with E-state index in [1.165, 1.54) is 0 Å². The van der Waals surface area contributed by atoms with E-state index in [0.717, 1.165) is 16.7 Å². The Morgan fingerprint density at radius 1 is 0.815 bits per heavy atom. The van der Waals surface area contributed by atoms with Crippen LogP contribution in [0.1, 0.15) is 16.7 Å². The predicted octanol–water partition coefficient (Wildman–Crippen LogP) is 5.10. The van der Waals surface area contributed by atoms with E-state index >= 15 is 0 Å². The minimum Gasteiger partial charge on any atom is -0.264 e. The van der Waals surface area contributed by atoms with Crippen molar-refractivity contribution in [3.63, 3.8) is 0 Å². The first kappa shape index (κ1) is 19.1. The van der Waals surface area contributed by atoms with Crippen molar-refractivity contribution in [2.45, 2.75) is 9.34 Å². The fraction of sp³-hybridized carbons (Fsp3) is 0.130. The van der Waals surface area contributed by atoms with Crippen LogP contribution in [0.25, 0.3) is 0 Å². The third-order valence-corrected chi connectivity index (χ3v) is 5.05. The predicted molar refractivity (Wildman–Crippen MR) is 117 cm³/mol. The van der Waals surface area contributed by atoms with Gasteiger partial charge < -0.3 is 0 Å². The van der Waals surface area contributed by atoms with E-state index in [1.807, 2.05) is 77.2 Å². The Morgan fingerprint density at radius 2 is 1.19 bits per heavy atom. The van der Waals surface area contributed by atoms with Crippen LogP contribution in [0.4, 0.5) is 0 Å². The number of halogens is 1. The number of rotatable bonds is 5. The van der Waals surface area contributed by atoms with Gasteiger partial charge in [0, 0.05) is 4.92 Å². The third-order valence-electron chi connectivity index (χ3n) is 4.35. The number of alkyl halides is 1. The molecule has 1 atom stereocenters. The Morgan fingerprint density at radius 3 is 1.52 bits per heavy atom. The molecule has 0 fully saturated rings. The number of nitro groups is 1. The van der Waals surface area contributed by atoms with Gasteiger partial charge in [-0.2, -0.15) is 0 Å². The van der Waals surface area contributed by atoms with Gasteiger partial charge in [0.25, 0.3) is 0 Å². The fourth-order valence-corrected chi connectivity index (χ4v) is 3.62. The van der Waals surface area contributed by atoms with E-state index in [4.69, 9.17) is 0 Å². The second-order valence-electron chi connectivity index (χ2n) is 6.10. The second kappa shape index (κ2) is 8.83. The Bertz CT molecular complexity index is 851. The van der Waals surface area contributed by atoms with Crippen molar-refractivity contribution in [2.24, 2.45) is 0 Å². The van der Waals surface area contributed by atoms with Gasteiger partial charge in [-0.3, -0.25) is 10.1 Å². The Balaban J connectivity index is 2.27. The summed E-state index contributed by atoms with van der Waals surface area (Å²) >= 11 is 2.04. The highest BCUT2D eigenvalue weighted by atomic mass is 127. The van der Waals surface area contributed by atoms with Gasteiger partial charge in [0.15, 0.2) is 0 Å². The first-order valence-electron chi connectivity index (χ1n) is 8.58. The number of benzene rings is 3. The van der Waals surface area contributed by atoms with Gasteiger partial charge in [-0.25, -0.2) is 0 Å². The summed E-state index contributed by atoms with van der Waals surface area (Å²) in [7, 11) is 0. The summed E-state index contributed by atoms with van der Waals surface area (Å²) in [5, 5.41) is 10.9. The summed E-state index contributed by atoms with van der Waals surface area (Å²) in [5.74, 6) is 6.57. The highest BCUT2D eigenvalue weighted by molar-refractivity contribution is 14.1. The molecule has 0 spiro atoms. The minimum absolute atomic E-state index is 0.179. The number of hydrogen-bond donors (Lipinski definition) is 0. The molecule has 27 heavy (non-hydrogen) atoms. The lowest BCUT2D eigenvalue weighted by molar-refractivity contribution is -0.476. The smallest absolute Gasteiger partial charge is 0.226 e. The van der Waals surface area contributed by atoms with Crippen LogP contribution in [0.15, 0.2) is 91.0 Å². The van der Waals surface area contributed by atoms with Crippen molar-refractivity contribution >= 4 is 22.6 Å². The number of nitrogens with zero attached hydrogens (tertiary/aromatic N) is 1. The molecule has 0 saturated carbocycles. The lowest BCUT2D eigenvalue weighted by Crippen LogP contribution is -2.28. The molecule has 0 N–H and O–H groups in total. The maximum Gasteiger partial charge on any atom is 0.226 e. The zero-order valence-corrected chi connectivity index (χ0v) is 16.7. The van der Waals surface area contributed by atoms with Crippen LogP contribution in [-0.4, -0.2) is 15.4 Å². The molecule has 3 rings (SSSR count). The maximum absolute atomic E-state index is 10.9. The highest BCUT2D eigenvalue weighted by Crippen LogP contribution is 2.38. The molecule has 1 unspecified atom stereocenters. The van der Waals surface area contributed by atoms with Crippen molar-refractivity contribution in [1.29, 1.82) is 0 Å². The van der Waals surface area contributed by atoms with Gasteiger partial charge >= 0.3 is 0 Å². The largest absolute Gasteiger partial charge is 0.264 e. The van der Waals surface area contributed by atoms with Crippen LogP contribution in [-0.2, 0) is 5.41 Å². The Kier molecular flexibility index (Phi) is 6.25. The zero-order valence-electron chi connectivity index (χ0n) is 14.6. The normalized spacial score (nSPS) is 11.9. The first-order chi connectivity index (χ1) is 13.1. The SMILES string of the molecule is O=[N+]([O-])CC(I)C#CC(c1ccccc1)(c1ccccc1)c1ccccc1. The van der Waals surface area contributed by atoms with Gasteiger partial charge in [-0.15, -0.1) is 0 Å². The molecule has 0 saturated heterocycles. The average Bonchev–Trinajstić information content (AvgIpc) is 2.70.